The number of carboxylic acids is 1. The Morgan fingerprint density at radius 1 is 1.05 bits per heavy atom. The normalized spacial score (nSPS) is 10.0. The number of ether oxygens (including phenoxy) is 2. The third-order valence-corrected chi connectivity index (χ3v) is 2.91. The lowest BCUT2D eigenvalue weighted by atomic mass is 10.1. The number of methoxy groups -OCH3 is 1. The van der Waals surface area contributed by atoms with Gasteiger partial charge in [-0.2, -0.15) is 0 Å². The van der Waals surface area contributed by atoms with Gasteiger partial charge in [0.15, 0.2) is 17.3 Å². The molecule has 0 amide bonds. The first-order valence-corrected chi connectivity index (χ1v) is 6.22. The number of para-hydroxylation sites is 1. The van der Waals surface area contributed by atoms with Crippen molar-refractivity contribution in [1.82, 2.24) is 0 Å². The zero-order valence-corrected chi connectivity index (χ0v) is 11.6. The average molecular weight is 286 g/mol. The van der Waals surface area contributed by atoms with Crippen LogP contribution in [0.3, 0.4) is 0 Å². The number of hydrogen-bond acceptors (Lipinski definition) is 4. The summed E-state index contributed by atoms with van der Waals surface area (Å²) in [5.41, 5.74) is 0.561. The van der Waals surface area contributed by atoms with Crippen LogP contribution in [0.1, 0.15) is 27.6 Å². The molecule has 0 atom stereocenters. The van der Waals surface area contributed by atoms with Crippen molar-refractivity contribution in [3.63, 3.8) is 0 Å². The fourth-order valence-corrected chi connectivity index (χ4v) is 1.83. The lowest BCUT2D eigenvalue weighted by Gasteiger charge is -2.12. The van der Waals surface area contributed by atoms with Crippen LogP contribution in [0.15, 0.2) is 42.5 Å². The Morgan fingerprint density at radius 3 is 2.24 bits per heavy atom. The van der Waals surface area contributed by atoms with E-state index < -0.39 is 5.97 Å². The molecule has 0 fully saturated rings. The molecule has 0 unspecified atom stereocenters. The van der Waals surface area contributed by atoms with Gasteiger partial charge in [0.05, 0.1) is 7.11 Å². The summed E-state index contributed by atoms with van der Waals surface area (Å²) in [5, 5.41) is 9.20. The van der Waals surface area contributed by atoms with Crippen LogP contribution in [-0.4, -0.2) is 24.0 Å². The molecule has 0 spiro atoms. The van der Waals surface area contributed by atoms with Crippen molar-refractivity contribution >= 4 is 11.8 Å². The first-order valence-electron chi connectivity index (χ1n) is 6.22. The van der Waals surface area contributed by atoms with E-state index in [2.05, 4.69) is 0 Å². The molecule has 1 N–H and O–H groups in total. The quantitative estimate of drug-likeness (QED) is 0.853. The van der Waals surface area contributed by atoms with E-state index >= 15 is 0 Å². The standard InChI is InChI=1S/C16H14O5/c1-10(17)11-6-8-12(9-7-11)21-15-13(16(18)19)4-3-5-14(15)20-2/h3-9H,1-2H3,(H,18,19). The highest BCUT2D eigenvalue weighted by Gasteiger charge is 2.17. The molecular formula is C16H14O5. The molecule has 0 saturated heterocycles. The van der Waals surface area contributed by atoms with Gasteiger partial charge in [-0.3, -0.25) is 4.79 Å². The minimum Gasteiger partial charge on any atom is -0.493 e. The summed E-state index contributed by atoms with van der Waals surface area (Å²) >= 11 is 0. The Hall–Kier alpha value is -2.82. The smallest absolute Gasteiger partial charge is 0.339 e. The largest absolute Gasteiger partial charge is 0.493 e. The highest BCUT2D eigenvalue weighted by atomic mass is 16.5. The summed E-state index contributed by atoms with van der Waals surface area (Å²) in [7, 11) is 1.44. The lowest BCUT2D eigenvalue weighted by Crippen LogP contribution is -2.02. The molecule has 5 heteroatoms. The second-order valence-corrected chi connectivity index (χ2v) is 4.32. The molecule has 0 heterocycles. The molecule has 0 bridgehead atoms. The first-order chi connectivity index (χ1) is 10.0. The Balaban J connectivity index is 2.38. The molecule has 21 heavy (non-hydrogen) atoms. The zero-order chi connectivity index (χ0) is 15.4. The summed E-state index contributed by atoms with van der Waals surface area (Å²) in [6.07, 6.45) is 0. The molecule has 2 aromatic rings. The van der Waals surface area contributed by atoms with Crippen LogP contribution >= 0.6 is 0 Å². The van der Waals surface area contributed by atoms with Crippen molar-refractivity contribution < 1.29 is 24.2 Å². The maximum absolute atomic E-state index is 11.2. The molecule has 5 nitrogen and oxygen atoms in total. The number of carboxylic acid groups (broad SMARTS) is 1. The molecule has 0 aliphatic carbocycles. The molecule has 0 aromatic heterocycles. The van der Waals surface area contributed by atoms with Gasteiger partial charge in [-0.05, 0) is 43.3 Å². The minimum atomic E-state index is -1.11. The number of Topliss-reactive ketones (excluding diaryl/α,β-unsaturated/α-hetero) is 1. The van der Waals surface area contributed by atoms with Gasteiger partial charge in [0, 0.05) is 5.56 Å². The molecule has 2 aromatic carbocycles. The fourth-order valence-electron chi connectivity index (χ4n) is 1.83. The third kappa shape index (κ3) is 3.20. The van der Waals surface area contributed by atoms with Gasteiger partial charge < -0.3 is 14.6 Å². The van der Waals surface area contributed by atoms with Gasteiger partial charge >= 0.3 is 5.97 Å². The van der Waals surface area contributed by atoms with Gasteiger partial charge in [0.2, 0.25) is 0 Å². The number of carbonyl (C=O) groups is 2. The van der Waals surface area contributed by atoms with Gasteiger partial charge in [0.1, 0.15) is 11.3 Å². The maximum Gasteiger partial charge on any atom is 0.339 e. The number of hydrogen-bond donors (Lipinski definition) is 1. The van der Waals surface area contributed by atoms with Crippen LogP contribution < -0.4 is 9.47 Å². The zero-order valence-electron chi connectivity index (χ0n) is 11.6. The summed E-state index contributed by atoms with van der Waals surface area (Å²) < 4.78 is 10.7. The third-order valence-electron chi connectivity index (χ3n) is 2.91. The maximum atomic E-state index is 11.2. The van der Waals surface area contributed by atoms with E-state index in [1.165, 1.54) is 20.1 Å². The van der Waals surface area contributed by atoms with Crippen molar-refractivity contribution in [2.75, 3.05) is 7.11 Å². The highest BCUT2D eigenvalue weighted by molar-refractivity contribution is 5.94. The number of ketones is 1. The highest BCUT2D eigenvalue weighted by Crippen LogP contribution is 2.35. The van der Waals surface area contributed by atoms with Crippen molar-refractivity contribution in [1.29, 1.82) is 0 Å². The van der Waals surface area contributed by atoms with Crippen molar-refractivity contribution in [2.45, 2.75) is 6.92 Å². The Morgan fingerprint density at radius 2 is 1.71 bits per heavy atom. The Kier molecular flexibility index (Phi) is 4.23. The van der Waals surface area contributed by atoms with E-state index in [4.69, 9.17) is 9.47 Å². The van der Waals surface area contributed by atoms with E-state index in [1.807, 2.05) is 0 Å². The molecule has 0 aliphatic rings. The Labute approximate surface area is 121 Å². The van der Waals surface area contributed by atoms with E-state index in [-0.39, 0.29) is 17.1 Å². The number of carbonyl (C=O) groups excluding carboxylic acids is 1. The predicted molar refractivity (Wildman–Crippen MR) is 76.5 cm³/mol. The molecule has 0 saturated carbocycles. The monoisotopic (exact) mass is 286 g/mol. The lowest BCUT2D eigenvalue weighted by molar-refractivity contribution is 0.0693. The predicted octanol–water partition coefficient (Wildman–Crippen LogP) is 3.39. The number of rotatable bonds is 5. The number of aromatic carboxylic acids is 1. The van der Waals surface area contributed by atoms with Crippen LogP contribution in [0.5, 0.6) is 17.2 Å². The van der Waals surface area contributed by atoms with E-state index in [0.717, 1.165) is 0 Å². The number of benzene rings is 2. The van der Waals surface area contributed by atoms with Crippen molar-refractivity contribution in [3.05, 3.63) is 53.6 Å². The van der Waals surface area contributed by atoms with E-state index in [1.54, 1.807) is 36.4 Å². The van der Waals surface area contributed by atoms with Crippen molar-refractivity contribution in [3.8, 4) is 17.2 Å². The van der Waals surface area contributed by atoms with Crippen molar-refractivity contribution in [2.24, 2.45) is 0 Å². The first kappa shape index (κ1) is 14.6. The topological polar surface area (TPSA) is 72.8 Å². The van der Waals surface area contributed by atoms with Crippen LogP contribution in [0, 0.1) is 0 Å². The Bertz CT molecular complexity index is 674. The van der Waals surface area contributed by atoms with Gasteiger partial charge in [0.25, 0.3) is 0 Å². The van der Waals surface area contributed by atoms with Crippen LogP contribution in [0.25, 0.3) is 0 Å². The van der Waals surface area contributed by atoms with Crippen LogP contribution in [0.4, 0.5) is 0 Å². The second kappa shape index (κ2) is 6.09. The second-order valence-electron chi connectivity index (χ2n) is 4.32. The molecular weight excluding hydrogens is 272 g/mol. The molecule has 108 valence electrons. The summed E-state index contributed by atoms with van der Waals surface area (Å²) in [5.74, 6) is -0.282. The summed E-state index contributed by atoms with van der Waals surface area (Å²) in [6, 6.07) is 11.1. The average Bonchev–Trinajstić information content (AvgIpc) is 2.47. The van der Waals surface area contributed by atoms with Crippen LogP contribution in [0.2, 0.25) is 0 Å². The minimum absolute atomic E-state index is 0.00462. The molecule has 0 radical (unpaired) electrons. The van der Waals surface area contributed by atoms with Gasteiger partial charge in [-0.1, -0.05) is 6.07 Å². The van der Waals surface area contributed by atoms with Gasteiger partial charge in [-0.25, -0.2) is 4.79 Å². The molecule has 2 rings (SSSR count). The van der Waals surface area contributed by atoms with Gasteiger partial charge in [-0.15, -0.1) is 0 Å². The SMILES string of the molecule is COc1cccc(C(=O)O)c1Oc1ccc(C(C)=O)cc1. The summed E-state index contributed by atoms with van der Waals surface area (Å²) in [6.45, 7) is 1.47. The van der Waals surface area contributed by atoms with Crippen LogP contribution in [-0.2, 0) is 0 Å². The molecule has 0 aliphatic heterocycles. The summed E-state index contributed by atoms with van der Waals surface area (Å²) in [4.78, 5) is 22.5. The van der Waals surface area contributed by atoms with E-state index in [9.17, 15) is 14.7 Å². The van der Waals surface area contributed by atoms with E-state index in [0.29, 0.717) is 17.1 Å². The fraction of sp³-hybridized carbons (Fsp3) is 0.125.